The number of aliphatic hydroxyl groups is 1. The van der Waals surface area contributed by atoms with Gasteiger partial charge in [0.15, 0.2) is 6.23 Å². The van der Waals surface area contributed by atoms with E-state index in [0.29, 0.717) is 12.2 Å². The molecule has 0 bridgehead atoms. The molecule has 13 heteroatoms. The second-order valence-corrected chi connectivity index (χ2v) is 8.29. The van der Waals surface area contributed by atoms with Gasteiger partial charge >= 0.3 is 6.18 Å². The van der Waals surface area contributed by atoms with Crippen LogP contribution in [0.1, 0.15) is 55.6 Å². The van der Waals surface area contributed by atoms with Crippen molar-refractivity contribution in [3.8, 4) is 0 Å². The number of fused-ring (bicyclic) bond motifs is 1. The lowest BCUT2D eigenvalue weighted by Crippen LogP contribution is -2.54. The van der Waals surface area contributed by atoms with Crippen molar-refractivity contribution in [2.24, 2.45) is 5.73 Å². The molecule has 0 aliphatic carbocycles. The van der Waals surface area contributed by atoms with Gasteiger partial charge in [0, 0.05) is 50.2 Å². The molecular formula is C20H28ClF4N5O3. The van der Waals surface area contributed by atoms with E-state index in [1.165, 1.54) is 6.20 Å². The van der Waals surface area contributed by atoms with E-state index in [1.807, 2.05) is 6.92 Å². The predicted octanol–water partition coefficient (Wildman–Crippen LogP) is 1.84. The Kier molecular flexibility index (Phi) is 9.00. The molecule has 4 atom stereocenters. The normalized spacial score (nSPS) is 24.2. The summed E-state index contributed by atoms with van der Waals surface area (Å²) in [5.74, 6) is -2.63. The number of aliphatic hydroxyl groups excluding tert-OH is 1. The first-order valence-electron chi connectivity index (χ1n) is 10.6. The van der Waals surface area contributed by atoms with Crippen LogP contribution in [0.5, 0.6) is 0 Å². The fourth-order valence-corrected chi connectivity index (χ4v) is 4.04. The number of nitrogens with zero attached hydrogens (tertiary/aromatic N) is 4. The van der Waals surface area contributed by atoms with Gasteiger partial charge in [-0.05, 0) is 12.8 Å². The number of amides is 2. The van der Waals surface area contributed by atoms with Gasteiger partial charge in [0.05, 0.1) is 12.2 Å². The first-order valence-corrected chi connectivity index (χ1v) is 10.6. The predicted molar refractivity (Wildman–Crippen MR) is 112 cm³/mol. The summed E-state index contributed by atoms with van der Waals surface area (Å²) in [5.41, 5.74) is 6.05. The molecule has 0 saturated carbocycles. The molecule has 33 heavy (non-hydrogen) atoms. The molecule has 3 rings (SSSR count). The van der Waals surface area contributed by atoms with E-state index in [2.05, 4.69) is 9.97 Å². The Bertz CT molecular complexity index is 859. The van der Waals surface area contributed by atoms with Gasteiger partial charge in [-0.15, -0.1) is 12.4 Å². The van der Waals surface area contributed by atoms with E-state index in [0.717, 1.165) is 16.2 Å². The smallest absolute Gasteiger partial charge is 0.370 e. The van der Waals surface area contributed by atoms with E-state index in [9.17, 15) is 32.3 Å². The zero-order valence-electron chi connectivity index (χ0n) is 18.1. The monoisotopic (exact) mass is 497 g/mol. The fourth-order valence-electron chi connectivity index (χ4n) is 4.04. The molecule has 8 nitrogen and oxygen atoms in total. The Morgan fingerprint density at radius 2 is 2.09 bits per heavy atom. The topological polar surface area (TPSA) is 113 Å². The van der Waals surface area contributed by atoms with E-state index in [1.54, 1.807) is 0 Å². The van der Waals surface area contributed by atoms with Crippen LogP contribution in [0.15, 0.2) is 6.20 Å². The van der Waals surface area contributed by atoms with Crippen LogP contribution < -0.4 is 5.73 Å². The first kappa shape index (κ1) is 27.2. The van der Waals surface area contributed by atoms with Crippen molar-refractivity contribution in [2.75, 3.05) is 13.1 Å². The highest BCUT2D eigenvalue weighted by molar-refractivity contribution is 5.85. The minimum absolute atomic E-state index is 0. The van der Waals surface area contributed by atoms with Crippen LogP contribution >= 0.6 is 12.4 Å². The molecule has 2 aliphatic heterocycles. The maximum Gasteiger partial charge on any atom is 0.397 e. The Morgan fingerprint density at radius 3 is 2.73 bits per heavy atom. The van der Waals surface area contributed by atoms with Gasteiger partial charge in [0.2, 0.25) is 11.8 Å². The Hall–Kier alpha value is -2.05. The van der Waals surface area contributed by atoms with Gasteiger partial charge in [-0.1, -0.05) is 6.92 Å². The largest absolute Gasteiger partial charge is 0.397 e. The van der Waals surface area contributed by atoms with Crippen molar-refractivity contribution < 1.29 is 32.3 Å². The van der Waals surface area contributed by atoms with Crippen molar-refractivity contribution in [3.05, 3.63) is 23.3 Å². The number of nitrogens with two attached hydrogens (primary N) is 1. The van der Waals surface area contributed by atoms with Crippen LogP contribution in [0.2, 0.25) is 0 Å². The average molecular weight is 498 g/mol. The molecule has 3 N–H and O–H groups in total. The van der Waals surface area contributed by atoms with Crippen molar-refractivity contribution in [1.29, 1.82) is 0 Å². The number of rotatable bonds is 6. The molecule has 0 radical (unpaired) electrons. The van der Waals surface area contributed by atoms with Gasteiger partial charge < -0.3 is 20.6 Å². The zero-order valence-corrected chi connectivity index (χ0v) is 18.9. The van der Waals surface area contributed by atoms with Crippen LogP contribution in [0.25, 0.3) is 0 Å². The van der Waals surface area contributed by atoms with Gasteiger partial charge in [-0.3, -0.25) is 9.59 Å². The standard InChI is InChI=1S/C20H27F4N5O3.ClH/c1-2-3-16-26-7-12-13(20(22,23)24)9-28(10-15(12)27-16)18(31)6-11(25)8-29-17(30)5-4-14(21)19(29)32;/h7,11,13-14,19,32H,2-6,8-10,25H2,1H3;1H/t11-,13?,14?,19?;/m1./s1. The number of aryl methyl sites for hydroxylation is 1. The zero-order chi connectivity index (χ0) is 23.6. The summed E-state index contributed by atoms with van der Waals surface area (Å²) < 4.78 is 54.7. The number of hydrogen-bond donors (Lipinski definition) is 2. The number of likely N-dealkylation sites (tertiary alicyclic amines) is 1. The molecule has 186 valence electrons. The van der Waals surface area contributed by atoms with Gasteiger partial charge in [0.25, 0.3) is 0 Å². The molecule has 2 aliphatic rings. The molecule has 0 spiro atoms. The third-order valence-electron chi connectivity index (χ3n) is 5.76. The summed E-state index contributed by atoms with van der Waals surface area (Å²) in [7, 11) is 0. The van der Waals surface area contributed by atoms with Crippen molar-refractivity contribution in [2.45, 2.75) is 76.1 Å². The maximum absolute atomic E-state index is 13.7. The Balaban J connectivity index is 0.00000385. The maximum atomic E-state index is 13.7. The molecule has 1 saturated heterocycles. The molecular weight excluding hydrogens is 470 g/mol. The van der Waals surface area contributed by atoms with Crippen LogP contribution in [0.4, 0.5) is 17.6 Å². The van der Waals surface area contributed by atoms with Crippen LogP contribution in [0.3, 0.4) is 0 Å². The summed E-state index contributed by atoms with van der Waals surface area (Å²) in [6.07, 6.45) is -5.99. The summed E-state index contributed by atoms with van der Waals surface area (Å²) >= 11 is 0. The van der Waals surface area contributed by atoms with Crippen molar-refractivity contribution >= 4 is 24.2 Å². The molecule has 0 aromatic carbocycles. The van der Waals surface area contributed by atoms with Gasteiger partial charge in [0.1, 0.15) is 17.9 Å². The minimum atomic E-state index is -4.59. The molecule has 2 amide bonds. The number of carbonyl (C=O) groups excluding carboxylic acids is 2. The second kappa shape index (κ2) is 10.9. The SMILES string of the molecule is CCCc1ncc2c(n1)CN(C(=O)C[C@@H](N)CN1C(=O)CCC(F)C1O)CC2C(F)(F)F.Cl. The highest BCUT2D eigenvalue weighted by atomic mass is 35.5. The summed E-state index contributed by atoms with van der Waals surface area (Å²) in [5, 5.41) is 9.88. The molecule has 3 heterocycles. The third kappa shape index (κ3) is 6.30. The summed E-state index contributed by atoms with van der Waals surface area (Å²) in [6.45, 7) is 0.927. The average Bonchev–Trinajstić information content (AvgIpc) is 2.72. The van der Waals surface area contributed by atoms with E-state index in [4.69, 9.17) is 5.73 Å². The summed E-state index contributed by atoms with van der Waals surface area (Å²) in [6, 6.07) is -0.974. The molecule has 1 aromatic rings. The lowest BCUT2D eigenvalue weighted by atomic mass is 9.93. The summed E-state index contributed by atoms with van der Waals surface area (Å²) in [4.78, 5) is 34.9. The third-order valence-corrected chi connectivity index (χ3v) is 5.76. The van der Waals surface area contributed by atoms with Gasteiger partial charge in [-0.2, -0.15) is 13.2 Å². The number of carbonyl (C=O) groups is 2. The number of aromatic nitrogens is 2. The lowest BCUT2D eigenvalue weighted by Gasteiger charge is -2.37. The number of piperidine rings is 1. The fraction of sp³-hybridized carbons (Fsp3) is 0.700. The number of halogens is 5. The minimum Gasteiger partial charge on any atom is -0.370 e. The van der Waals surface area contributed by atoms with Crippen molar-refractivity contribution in [1.82, 2.24) is 19.8 Å². The highest BCUT2D eigenvalue weighted by Gasteiger charge is 2.46. The van der Waals surface area contributed by atoms with Crippen LogP contribution in [-0.4, -0.2) is 74.4 Å². The Labute approximate surface area is 194 Å². The Morgan fingerprint density at radius 1 is 1.39 bits per heavy atom. The van der Waals surface area contributed by atoms with Crippen LogP contribution in [0, 0.1) is 0 Å². The van der Waals surface area contributed by atoms with Gasteiger partial charge in [-0.25, -0.2) is 14.4 Å². The van der Waals surface area contributed by atoms with Crippen LogP contribution in [-0.2, 0) is 22.6 Å². The van der Waals surface area contributed by atoms with E-state index < -0.39 is 48.9 Å². The number of hydrogen-bond acceptors (Lipinski definition) is 6. The number of alkyl halides is 4. The quantitative estimate of drug-likeness (QED) is 0.580. The van der Waals surface area contributed by atoms with E-state index in [-0.39, 0.29) is 56.0 Å². The van der Waals surface area contributed by atoms with Crippen molar-refractivity contribution in [3.63, 3.8) is 0 Å². The molecule has 1 fully saturated rings. The highest BCUT2D eigenvalue weighted by Crippen LogP contribution is 2.39. The molecule has 3 unspecified atom stereocenters. The second-order valence-electron chi connectivity index (χ2n) is 8.29. The van der Waals surface area contributed by atoms with E-state index >= 15 is 0 Å². The molecule has 1 aromatic heterocycles. The lowest BCUT2D eigenvalue weighted by molar-refractivity contribution is -0.162. The first-order chi connectivity index (χ1) is 15.0.